The van der Waals surface area contributed by atoms with E-state index in [9.17, 15) is 0 Å². The molecular weight excluding hydrogens is 1110 g/mol. The monoisotopic (exact) mass is 1150 g/mol. The Balaban J connectivity index is 0.000000288. The van der Waals surface area contributed by atoms with Gasteiger partial charge in [-0.15, -0.1) is 6.42 Å². The maximum absolute atomic E-state index is 6.56. The molecule has 0 amide bonds. The molecule has 0 bridgehead atoms. The first-order chi connectivity index (χ1) is 30.5. The van der Waals surface area contributed by atoms with Crippen LogP contribution in [0.25, 0.3) is 0 Å². The standard InChI is InChI=1S/C29H29Cl4N2O.C22H20Cl3N2O.2BrH/c1-29(2,3)22-7-4-20(5-8-22)16-34-12-13-35(19-34)17-28(25-11-10-24(31)15-27(25)33)36-18-21-6-9-23(30)14-26(21)32;1-3-8-26-9-10-27(15-26)13-22(19-7-6-18(23)12-21(19)25)28-14-17-5-4-16(2)11-20(17)24;;/h4-15,19,28H,16-18H2,1-3H3;1,4-7,9-12,15,22H,8,13-14H2,2H3;2*1H/q2*+1;;/p-2. The van der Waals surface area contributed by atoms with Crippen LogP contribution in [0.3, 0.4) is 0 Å². The molecule has 6 nitrogen and oxygen atoms in total. The summed E-state index contributed by atoms with van der Waals surface area (Å²) in [4.78, 5) is 0. The lowest BCUT2D eigenvalue weighted by Gasteiger charge is -2.19. The van der Waals surface area contributed by atoms with E-state index < -0.39 is 0 Å². The van der Waals surface area contributed by atoms with Gasteiger partial charge in [-0.05, 0) is 82.6 Å². The number of aryl methyl sites for hydroxylation is 1. The van der Waals surface area contributed by atoms with E-state index in [2.05, 4.69) is 72.6 Å². The molecule has 0 saturated heterocycles. The van der Waals surface area contributed by atoms with E-state index in [1.54, 1.807) is 24.3 Å². The van der Waals surface area contributed by atoms with Crippen LogP contribution in [0.1, 0.15) is 71.9 Å². The van der Waals surface area contributed by atoms with Gasteiger partial charge in [0.25, 0.3) is 0 Å². The van der Waals surface area contributed by atoms with Crippen LogP contribution in [-0.2, 0) is 54.3 Å². The molecule has 66 heavy (non-hydrogen) atoms. The summed E-state index contributed by atoms with van der Waals surface area (Å²) in [5.41, 5.74) is 7.34. The van der Waals surface area contributed by atoms with E-state index in [1.807, 2.05) is 89.5 Å². The summed E-state index contributed by atoms with van der Waals surface area (Å²) in [5.74, 6) is 2.62. The van der Waals surface area contributed by atoms with Gasteiger partial charge in [0.05, 0.1) is 13.2 Å². The Hall–Kier alpha value is -3.01. The Labute approximate surface area is 444 Å². The van der Waals surface area contributed by atoms with Crippen molar-refractivity contribution in [1.82, 2.24) is 9.13 Å². The van der Waals surface area contributed by atoms with Crippen molar-refractivity contribution < 1.29 is 52.6 Å². The molecule has 5 aromatic carbocycles. The van der Waals surface area contributed by atoms with E-state index >= 15 is 0 Å². The lowest BCUT2D eigenvalue weighted by atomic mass is 9.87. The van der Waals surface area contributed by atoms with Crippen LogP contribution in [0.2, 0.25) is 35.2 Å². The number of hydrogen-bond donors (Lipinski definition) is 0. The number of ether oxygens (including phenoxy) is 2. The summed E-state index contributed by atoms with van der Waals surface area (Å²) in [6.45, 7) is 11.8. The Kier molecular flexibility index (Phi) is 22.0. The summed E-state index contributed by atoms with van der Waals surface area (Å²) in [7, 11) is 0. The molecule has 2 heterocycles. The lowest BCUT2D eigenvalue weighted by molar-refractivity contribution is -0.704. The second-order valence-corrected chi connectivity index (χ2v) is 19.4. The smallest absolute Gasteiger partial charge is 0.244 e. The van der Waals surface area contributed by atoms with Crippen molar-refractivity contribution in [2.45, 2.75) is 84.7 Å². The van der Waals surface area contributed by atoms with Crippen LogP contribution < -0.4 is 43.1 Å². The van der Waals surface area contributed by atoms with Gasteiger partial charge in [-0.25, -0.2) is 18.3 Å². The zero-order chi connectivity index (χ0) is 46.0. The number of halogens is 9. The molecule has 0 N–H and O–H groups in total. The third-order valence-corrected chi connectivity index (χ3v) is 12.5. The molecule has 7 aromatic rings. The molecule has 0 aliphatic heterocycles. The molecule has 0 aliphatic rings. The Bertz CT molecular complexity index is 2710. The van der Waals surface area contributed by atoms with Crippen LogP contribution in [0.5, 0.6) is 0 Å². The zero-order valence-corrected chi connectivity index (χ0v) is 45.1. The fraction of sp³-hybridized carbons (Fsp3) is 0.255. The number of aromatic nitrogens is 4. The quantitative estimate of drug-likeness (QED) is 0.0766. The maximum Gasteiger partial charge on any atom is 0.244 e. The fourth-order valence-electron chi connectivity index (χ4n) is 6.89. The second kappa shape index (κ2) is 26.1. The van der Waals surface area contributed by atoms with Gasteiger partial charge in [0.1, 0.15) is 56.6 Å². The van der Waals surface area contributed by atoms with Crippen molar-refractivity contribution in [3.63, 3.8) is 0 Å². The molecule has 348 valence electrons. The lowest BCUT2D eigenvalue weighted by Crippen LogP contribution is -3.00. The molecule has 2 atom stereocenters. The molecule has 0 saturated carbocycles. The zero-order valence-electron chi connectivity index (χ0n) is 36.7. The summed E-state index contributed by atoms with van der Waals surface area (Å²) in [6, 6.07) is 31.0. The highest BCUT2D eigenvalue weighted by molar-refractivity contribution is 6.36. The minimum absolute atomic E-state index is 0. The molecule has 0 aliphatic carbocycles. The molecule has 0 radical (unpaired) electrons. The van der Waals surface area contributed by atoms with Crippen molar-refractivity contribution in [3.05, 3.63) is 209 Å². The number of rotatable bonds is 15. The van der Waals surface area contributed by atoms with Crippen molar-refractivity contribution in [2.75, 3.05) is 0 Å². The van der Waals surface area contributed by atoms with Gasteiger partial charge in [0.2, 0.25) is 12.7 Å². The van der Waals surface area contributed by atoms with Crippen LogP contribution >= 0.6 is 81.2 Å². The summed E-state index contributed by atoms with van der Waals surface area (Å²) in [5, 5.41) is 4.14. The minimum Gasteiger partial charge on any atom is -1.00 e. The Morgan fingerprint density at radius 1 is 0.606 bits per heavy atom. The molecule has 0 spiro atoms. The second-order valence-electron chi connectivity index (χ2n) is 16.5. The van der Waals surface area contributed by atoms with Crippen LogP contribution in [0, 0.1) is 19.3 Å². The van der Waals surface area contributed by atoms with Crippen LogP contribution in [-0.4, -0.2) is 9.13 Å². The van der Waals surface area contributed by atoms with Crippen molar-refractivity contribution in [2.24, 2.45) is 0 Å². The van der Waals surface area contributed by atoms with Crippen molar-refractivity contribution >= 4 is 81.2 Å². The van der Waals surface area contributed by atoms with Crippen molar-refractivity contribution in [3.8, 4) is 12.3 Å². The average Bonchev–Trinajstić information content (AvgIpc) is 3.88. The van der Waals surface area contributed by atoms with Crippen LogP contribution in [0.4, 0.5) is 0 Å². The van der Waals surface area contributed by atoms with Gasteiger partial charge in [-0.1, -0.05) is 162 Å². The maximum atomic E-state index is 6.56. The SMILES string of the molecule is C#CCn1cc[n+](CC(OCc2ccc(C)cc2Cl)c2ccc(Cl)cc2Cl)c1.CC(C)(C)c1ccc(C[n+]2ccn(CC(OCc3ccc(Cl)cc3Cl)c3ccc(Cl)cc3Cl)c2)cc1.[Br-].[Br-]. The van der Waals surface area contributed by atoms with E-state index in [4.69, 9.17) is 97.1 Å². The predicted octanol–water partition coefficient (Wildman–Crippen LogP) is 8.34. The van der Waals surface area contributed by atoms with E-state index in [1.165, 1.54) is 11.1 Å². The van der Waals surface area contributed by atoms with Gasteiger partial charge in [0, 0.05) is 46.3 Å². The highest BCUT2D eigenvalue weighted by Gasteiger charge is 2.23. The van der Waals surface area contributed by atoms with Gasteiger partial charge in [-0.2, -0.15) is 0 Å². The molecule has 2 unspecified atom stereocenters. The molecule has 0 fully saturated rings. The third-order valence-electron chi connectivity index (χ3n) is 10.4. The Morgan fingerprint density at radius 3 is 1.67 bits per heavy atom. The van der Waals surface area contributed by atoms with E-state index in [0.29, 0.717) is 68.0 Å². The highest BCUT2D eigenvalue weighted by atomic mass is 79.9. The largest absolute Gasteiger partial charge is 1.00 e. The molecule has 7 rings (SSSR count). The molecule has 2 aromatic heterocycles. The first kappa shape index (κ1) is 55.6. The van der Waals surface area contributed by atoms with Gasteiger partial charge in [0.15, 0.2) is 6.54 Å². The summed E-state index contributed by atoms with van der Waals surface area (Å²) < 4.78 is 20.8. The van der Waals surface area contributed by atoms with E-state index in [-0.39, 0.29) is 51.6 Å². The average molecular weight is 1160 g/mol. The molecular formula is C51H49Br2Cl7N4O2. The fourth-order valence-corrected chi connectivity index (χ4v) is 8.70. The molecule has 15 heteroatoms. The van der Waals surface area contributed by atoms with Crippen molar-refractivity contribution in [1.29, 1.82) is 0 Å². The van der Waals surface area contributed by atoms with Crippen LogP contribution in [0.15, 0.2) is 135 Å². The number of benzene rings is 5. The number of hydrogen-bond acceptors (Lipinski definition) is 2. The van der Waals surface area contributed by atoms with Gasteiger partial charge < -0.3 is 43.4 Å². The first-order valence-electron chi connectivity index (χ1n) is 20.5. The predicted molar refractivity (Wildman–Crippen MR) is 263 cm³/mol. The highest BCUT2D eigenvalue weighted by Crippen LogP contribution is 2.33. The topological polar surface area (TPSA) is 36.1 Å². The first-order valence-corrected chi connectivity index (χ1v) is 23.1. The number of nitrogens with zero attached hydrogens (tertiary/aromatic N) is 4. The normalized spacial score (nSPS) is 12.0. The summed E-state index contributed by atoms with van der Waals surface area (Å²) in [6.07, 6.45) is 16.8. The third kappa shape index (κ3) is 16.3. The van der Waals surface area contributed by atoms with E-state index in [0.717, 1.165) is 34.4 Å². The number of imidazole rings is 2. The minimum atomic E-state index is -0.312. The Morgan fingerprint density at radius 2 is 1.11 bits per heavy atom. The summed E-state index contributed by atoms with van der Waals surface area (Å²) >= 11 is 44.0. The van der Waals surface area contributed by atoms with Gasteiger partial charge in [-0.3, -0.25) is 0 Å². The number of terminal acetylenes is 1. The van der Waals surface area contributed by atoms with Gasteiger partial charge >= 0.3 is 0 Å².